The fourth-order valence-electron chi connectivity index (χ4n) is 2.22. The summed E-state index contributed by atoms with van der Waals surface area (Å²) in [4.78, 5) is 12.0. The summed E-state index contributed by atoms with van der Waals surface area (Å²) in [6.07, 6.45) is 2.88. The third-order valence-corrected chi connectivity index (χ3v) is 4.36. The maximum absolute atomic E-state index is 12.0. The van der Waals surface area contributed by atoms with Crippen LogP contribution in [0, 0.1) is 0 Å². The number of anilines is 1. The summed E-state index contributed by atoms with van der Waals surface area (Å²) in [6, 6.07) is 13.5. The molecular weight excluding hydrogens is 416 g/mol. The maximum atomic E-state index is 12.0. The lowest BCUT2D eigenvalue weighted by molar-refractivity contribution is -0.111. The van der Waals surface area contributed by atoms with Gasteiger partial charge in [0.1, 0.15) is 11.5 Å². The second kappa shape index (κ2) is 8.19. The summed E-state index contributed by atoms with van der Waals surface area (Å²) in [6.45, 7) is 0. The number of carbonyl (C=O) groups is 1. The molecule has 1 aromatic heterocycles. The van der Waals surface area contributed by atoms with E-state index < -0.39 is 0 Å². The van der Waals surface area contributed by atoms with Gasteiger partial charge in [0.25, 0.3) is 0 Å². The van der Waals surface area contributed by atoms with Gasteiger partial charge >= 0.3 is 0 Å². The quantitative estimate of drug-likeness (QED) is 0.447. The Balaban J connectivity index is 1.72. The molecule has 0 unspecified atom stereocenters. The molecule has 0 aliphatic heterocycles. The normalized spacial score (nSPS) is 11.1. The van der Waals surface area contributed by atoms with Crippen LogP contribution in [0.4, 0.5) is 5.69 Å². The Morgan fingerprint density at radius 2 is 1.62 bits per heavy atom. The summed E-state index contributed by atoms with van der Waals surface area (Å²) >= 11 is 23.9. The minimum absolute atomic E-state index is 0.363. The van der Waals surface area contributed by atoms with E-state index in [-0.39, 0.29) is 5.91 Å². The van der Waals surface area contributed by atoms with Gasteiger partial charge in [0, 0.05) is 26.7 Å². The lowest BCUT2D eigenvalue weighted by Gasteiger charge is -2.04. The SMILES string of the molecule is O=C(/C=C/c1ccc(-c2cc(Cl)cc(Cl)c2)o1)Nc1cc(Cl)ccc1Cl. The number of carbonyl (C=O) groups excluding carboxylic acids is 1. The molecule has 0 fully saturated rings. The zero-order chi connectivity index (χ0) is 18.7. The van der Waals surface area contributed by atoms with Crippen LogP contribution in [0.1, 0.15) is 5.76 Å². The molecule has 1 heterocycles. The number of rotatable bonds is 4. The first-order chi connectivity index (χ1) is 12.4. The van der Waals surface area contributed by atoms with Gasteiger partial charge < -0.3 is 9.73 Å². The Morgan fingerprint density at radius 1 is 0.885 bits per heavy atom. The van der Waals surface area contributed by atoms with E-state index in [0.29, 0.717) is 37.3 Å². The third-order valence-electron chi connectivity index (χ3n) is 3.36. The predicted octanol–water partition coefficient (Wildman–Crippen LogP) is 7.21. The van der Waals surface area contributed by atoms with Crippen molar-refractivity contribution in [2.75, 3.05) is 5.32 Å². The summed E-state index contributed by atoms with van der Waals surface area (Å²) < 4.78 is 5.69. The summed E-state index contributed by atoms with van der Waals surface area (Å²) in [5.74, 6) is 0.730. The van der Waals surface area contributed by atoms with Crippen molar-refractivity contribution >= 4 is 64.1 Å². The van der Waals surface area contributed by atoms with Crippen LogP contribution in [0.15, 0.2) is 59.0 Å². The van der Waals surface area contributed by atoms with Crippen molar-refractivity contribution in [1.29, 1.82) is 0 Å². The molecule has 1 amide bonds. The molecule has 3 nitrogen and oxygen atoms in total. The molecule has 0 aliphatic carbocycles. The number of hydrogen-bond donors (Lipinski definition) is 1. The van der Waals surface area contributed by atoms with Crippen molar-refractivity contribution in [3.05, 3.63) is 80.5 Å². The molecule has 0 radical (unpaired) electrons. The van der Waals surface area contributed by atoms with Crippen molar-refractivity contribution < 1.29 is 9.21 Å². The average Bonchev–Trinajstić information content (AvgIpc) is 3.04. The Bertz CT molecular complexity index is 975. The van der Waals surface area contributed by atoms with E-state index in [4.69, 9.17) is 50.8 Å². The second-order valence-corrected chi connectivity index (χ2v) is 7.02. The van der Waals surface area contributed by atoms with Crippen molar-refractivity contribution in [3.8, 4) is 11.3 Å². The molecule has 7 heteroatoms. The molecule has 0 saturated carbocycles. The van der Waals surface area contributed by atoms with E-state index in [1.165, 1.54) is 6.08 Å². The van der Waals surface area contributed by atoms with Gasteiger partial charge in [0.2, 0.25) is 5.91 Å². The van der Waals surface area contributed by atoms with Crippen LogP contribution in [-0.4, -0.2) is 5.91 Å². The number of hydrogen-bond acceptors (Lipinski definition) is 2. The molecule has 2 aromatic carbocycles. The van der Waals surface area contributed by atoms with Crippen molar-refractivity contribution in [3.63, 3.8) is 0 Å². The molecule has 26 heavy (non-hydrogen) atoms. The number of halogens is 4. The molecule has 3 aromatic rings. The van der Waals surface area contributed by atoms with Gasteiger partial charge in [0.15, 0.2) is 0 Å². The van der Waals surface area contributed by atoms with Crippen molar-refractivity contribution in [2.45, 2.75) is 0 Å². The first-order valence-corrected chi connectivity index (χ1v) is 8.92. The van der Waals surface area contributed by atoms with Crippen LogP contribution in [0.2, 0.25) is 20.1 Å². The van der Waals surface area contributed by atoms with Crippen LogP contribution in [0.5, 0.6) is 0 Å². The molecular formula is C19H11Cl4NO2. The van der Waals surface area contributed by atoms with E-state index in [2.05, 4.69) is 5.32 Å². The lowest BCUT2D eigenvalue weighted by atomic mass is 10.2. The van der Waals surface area contributed by atoms with E-state index in [1.54, 1.807) is 54.6 Å². The summed E-state index contributed by atoms with van der Waals surface area (Å²) in [5, 5.41) is 4.56. The largest absolute Gasteiger partial charge is 0.457 e. The van der Waals surface area contributed by atoms with Crippen LogP contribution < -0.4 is 5.32 Å². The number of benzene rings is 2. The first-order valence-electron chi connectivity index (χ1n) is 7.41. The van der Waals surface area contributed by atoms with Gasteiger partial charge in [-0.25, -0.2) is 0 Å². The zero-order valence-electron chi connectivity index (χ0n) is 13.1. The fraction of sp³-hybridized carbons (Fsp3) is 0. The third kappa shape index (κ3) is 4.83. The fourth-order valence-corrected chi connectivity index (χ4v) is 3.08. The van der Waals surface area contributed by atoms with Crippen LogP contribution in [0.25, 0.3) is 17.4 Å². The Hall–Kier alpha value is -1.91. The average molecular weight is 427 g/mol. The highest BCUT2D eigenvalue weighted by atomic mass is 35.5. The van der Waals surface area contributed by atoms with Crippen molar-refractivity contribution in [2.24, 2.45) is 0 Å². The van der Waals surface area contributed by atoms with Gasteiger partial charge in [0.05, 0.1) is 10.7 Å². The number of amides is 1. The van der Waals surface area contributed by atoms with Gasteiger partial charge in [-0.15, -0.1) is 0 Å². The predicted molar refractivity (Wildman–Crippen MR) is 108 cm³/mol. The highest BCUT2D eigenvalue weighted by molar-refractivity contribution is 6.36. The molecule has 132 valence electrons. The standard InChI is InChI=1S/C19H11Cl4NO2/c20-12-1-4-16(23)17(10-12)24-19(25)6-3-15-2-5-18(26-15)11-7-13(21)9-14(22)8-11/h1-10H,(H,24,25)/b6-3+. The van der Waals surface area contributed by atoms with E-state index in [1.807, 2.05) is 0 Å². The van der Waals surface area contributed by atoms with Gasteiger partial charge in [-0.1, -0.05) is 46.4 Å². The minimum atomic E-state index is -0.363. The van der Waals surface area contributed by atoms with Gasteiger partial charge in [-0.3, -0.25) is 4.79 Å². The second-order valence-electron chi connectivity index (χ2n) is 5.31. The number of nitrogens with one attached hydrogen (secondary N) is 1. The topological polar surface area (TPSA) is 42.2 Å². The van der Waals surface area contributed by atoms with Gasteiger partial charge in [-0.2, -0.15) is 0 Å². The van der Waals surface area contributed by atoms with Crippen LogP contribution in [-0.2, 0) is 4.79 Å². The Kier molecular flexibility index (Phi) is 5.94. The summed E-state index contributed by atoms with van der Waals surface area (Å²) in [5.41, 5.74) is 1.18. The maximum Gasteiger partial charge on any atom is 0.248 e. The molecule has 1 N–H and O–H groups in total. The number of furan rings is 1. The minimum Gasteiger partial charge on any atom is -0.457 e. The van der Waals surface area contributed by atoms with E-state index in [9.17, 15) is 4.79 Å². The smallest absolute Gasteiger partial charge is 0.248 e. The molecule has 0 saturated heterocycles. The van der Waals surface area contributed by atoms with Crippen molar-refractivity contribution in [1.82, 2.24) is 0 Å². The highest BCUT2D eigenvalue weighted by Crippen LogP contribution is 2.29. The Morgan fingerprint density at radius 3 is 2.35 bits per heavy atom. The molecule has 0 bridgehead atoms. The summed E-state index contributed by atoms with van der Waals surface area (Å²) in [7, 11) is 0. The van der Waals surface area contributed by atoms with Gasteiger partial charge in [-0.05, 0) is 54.6 Å². The van der Waals surface area contributed by atoms with Crippen LogP contribution in [0.3, 0.4) is 0 Å². The van der Waals surface area contributed by atoms with E-state index in [0.717, 1.165) is 5.56 Å². The lowest BCUT2D eigenvalue weighted by Crippen LogP contribution is -2.08. The molecule has 0 atom stereocenters. The van der Waals surface area contributed by atoms with Crippen LogP contribution >= 0.6 is 46.4 Å². The first kappa shape index (κ1) is 18.9. The Labute approximate surface area is 170 Å². The van der Waals surface area contributed by atoms with E-state index >= 15 is 0 Å². The highest BCUT2D eigenvalue weighted by Gasteiger charge is 2.07. The monoisotopic (exact) mass is 425 g/mol. The molecule has 3 rings (SSSR count). The zero-order valence-corrected chi connectivity index (χ0v) is 16.1. The molecule has 0 spiro atoms. The molecule has 0 aliphatic rings.